The molecule has 0 aliphatic heterocycles. The molecule has 0 radical (unpaired) electrons. The normalized spacial score (nSPS) is 10.9. The monoisotopic (exact) mass is 449 g/mol. The molecule has 2 N–H and O–H groups in total. The number of fused-ring (bicyclic) bond motifs is 1. The third-order valence-electron chi connectivity index (χ3n) is 5.04. The van der Waals surface area contributed by atoms with E-state index in [1.165, 1.54) is 11.6 Å². The van der Waals surface area contributed by atoms with E-state index in [4.69, 9.17) is 9.47 Å². The molecule has 0 atom stereocenters. The van der Waals surface area contributed by atoms with Crippen molar-refractivity contribution in [2.75, 3.05) is 18.5 Å². The lowest BCUT2D eigenvalue weighted by Gasteiger charge is -2.09. The van der Waals surface area contributed by atoms with Gasteiger partial charge in [0.15, 0.2) is 12.3 Å². The Bertz CT molecular complexity index is 1420. The average molecular weight is 449 g/mol. The number of hydrogen-bond acceptors (Lipinski definition) is 6. The smallest absolute Gasteiger partial charge is 0.332 e. The van der Waals surface area contributed by atoms with Crippen molar-refractivity contribution in [1.82, 2.24) is 19.1 Å². The summed E-state index contributed by atoms with van der Waals surface area (Å²) in [6.07, 6.45) is 0. The highest BCUT2D eigenvalue weighted by Crippen LogP contribution is 2.21. The number of H-pyrrole nitrogens is 1. The number of nitrogens with one attached hydrogen (secondary N) is 2. The summed E-state index contributed by atoms with van der Waals surface area (Å²) >= 11 is 0. The van der Waals surface area contributed by atoms with Crippen LogP contribution < -0.4 is 26.0 Å². The number of hydrogen-bond donors (Lipinski definition) is 2. The Kier molecular flexibility index (Phi) is 5.99. The number of imidazole rings is 1. The van der Waals surface area contributed by atoms with Gasteiger partial charge in [0.2, 0.25) is 0 Å². The second kappa shape index (κ2) is 9.03. The zero-order valence-electron chi connectivity index (χ0n) is 18.4. The van der Waals surface area contributed by atoms with Crippen LogP contribution in [0.25, 0.3) is 22.6 Å². The number of anilines is 1. The van der Waals surface area contributed by atoms with Gasteiger partial charge in [-0.1, -0.05) is 0 Å². The van der Waals surface area contributed by atoms with Gasteiger partial charge in [-0.15, -0.1) is 0 Å². The van der Waals surface area contributed by atoms with Gasteiger partial charge in [0.1, 0.15) is 22.8 Å². The topological polar surface area (TPSA) is 120 Å². The number of aromatic nitrogens is 4. The molecule has 0 aliphatic carbocycles. The molecule has 1 amide bonds. The van der Waals surface area contributed by atoms with Crippen LogP contribution in [0.1, 0.15) is 6.92 Å². The van der Waals surface area contributed by atoms with Gasteiger partial charge in [0, 0.05) is 25.3 Å². The number of carbonyl (C=O) groups excluding carboxylic acids is 1. The van der Waals surface area contributed by atoms with E-state index in [0.717, 1.165) is 10.3 Å². The number of aromatic amines is 1. The van der Waals surface area contributed by atoms with E-state index in [9.17, 15) is 14.4 Å². The van der Waals surface area contributed by atoms with E-state index in [1.54, 1.807) is 55.6 Å². The number of carbonyl (C=O) groups is 1. The molecular weight excluding hydrogens is 426 g/mol. The van der Waals surface area contributed by atoms with Gasteiger partial charge in [0.25, 0.3) is 11.5 Å². The molecule has 0 unspecified atom stereocenters. The molecule has 10 nitrogen and oxygen atoms in total. The predicted molar refractivity (Wildman–Crippen MR) is 124 cm³/mol. The first kappa shape index (κ1) is 21.9. The summed E-state index contributed by atoms with van der Waals surface area (Å²) in [6, 6.07) is 14.0. The van der Waals surface area contributed by atoms with Gasteiger partial charge in [-0.05, 0) is 55.5 Å². The molecule has 4 aromatic rings. The van der Waals surface area contributed by atoms with Crippen LogP contribution in [0, 0.1) is 0 Å². The Morgan fingerprint density at radius 1 is 0.970 bits per heavy atom. The van der Waals surface area contributed by atoms with Crippen LogP contribution in [0.15, 0.2) is 58.1 Å². The standard InChI is InChI=1S/C23H23N5O5/c1-4-32-16-11-7-15(8-12-16)24-18(29)13-33-17-9-5-14(6-10-17)20-25-19-21(26-20)27(2)23(31)28(3)22(19)30/h5-12H,4,13H2,1-3H3,(H,24,29)(H,25,26). The van der Waals surface area contributed by atoms with Crippen LogP contribution in [0.3, 0.4) is 0 Å². The Labute approximate surface area is 188 Å². The average Bonchev–Trinajstić information content (AvgIpc) is 3.28. The first-order valence-corrected chi connectivity index (χ1v) is 10.3. The van der Waals surface area contributed by atoms with Gasteiger partial charge >= 0.3 is 5.69 Å². The van der Waals surface area contributed by atoms with Crippen molar-refractivity contribution < 1.29 is 14.3 Å². The minimum Gasteiger partial charge on any atom is -0.494 e. The van der Waals surface area contributed by atoms with Gasteiger partial charge < -0.3 is 19.8 Å². The van der Waals surface area contributed by atoms with Crippen molar-refractivity contribution in [3.05, 3.63) is 69.4 Å². The van der Waals surface area contributed by atoms with Gasteiger partial charge in [-0.25, -0.2) is 9.78 Å². The predicted octanol–water partition coefficient (Wildman–Crippen LogP) is 2.04. The summed E-state index contributed by atoms with van der Waals surface area (Å²) in [5, 5.41) is 2.76. The number of aryl methyl sites for hydroxylation is 1. The van der Waals surface area contributed by atoms with Crippen LogP contribution in [-0.2, 0) is 18.9 Å². The third-order valence-corrected chi connectivity index (χ3v) is 5.04. The summed E-state index contributed by atoms with van der Waals surface area (Å²) in [6.45, 7) is 2.32. The molecule has 0 bridgehead atoms. The zero-order chi connectivity index (χ0) is 23.5. The molecule has 0 aliphatic rings. The second-order valence-electron chi connectivity index (χ2n) is 7.31. The minimum atomic E-state index is -0.446. The minimum absolute atomic E-state index is 0.157. The molecule has 2 aromatic carbocycles. The lowest BCUT2D eigenvalue weighted by atomic mass is 10.2. The van der Waals surface area contributed by atoms with E-state index < -0.39 is 11.2 Å². The zero-order valence-corrected chi connectivity index (χ0v) is 18.4. The van der Waals surface area contributed by atoms with Gasteiger partial charge in [-0.2, -0.15) is 0 Å². The fourth-order valence-electron chi connectivity index (χ4n) is 3.32. The van der Waals surface area contributed by atoms with E-state index in [1.807, 2.05) is 6.92 Å². The van der Waals surface area contributed by atoms with Gasteiger partial charge in [0.05, 0.1) is 6.61 Å². The number of rotatable bonds is 7. The van der Waals surface area contributed by atoms with Crippen LogP contribution in [0.2, 0.25) is 0 Å². The van der Waals surface area contributed by atoms with Crippen LogP contribution in [-0.4, -0.2) is 38.2 Å². The summed E-state index contributed by atoms with van der Waals surface area (Å²) in [4.78, 5) is 44.0. The lowest BCUT2D eigenvalue weighted by Crippen LogP contribution is -2.36. The van der Waals surface area contributed by atoms with Crippen molar-refractivity contribution in [3.63, 3.8) is 0 Å². The fraction of sp³-hybridized carbons (Fsp3) is 0.217. The molecule has 0 fully saturated rings. The highest BCUT2D eigenvalue weighted by Gasteiger charge is 2.14. The maximum atomic E-state index is 12.3. The molecule has 2 aromatic heterocycles. The lowest BCUT2D eigenvalue weighted by molar-refractivity contribution is -0.118. The first-order chi connectivity index (χ1) is 15.9. The van der Waals surface area contributed by atoms with Crippen molar-refractivity contribution >= 4 is 22.8 Å². The van der Waals surface area contributed by atoms with Crippen molar-refractivity contribution in [2.45, 2.75) is 6.92 Å². The van der Waals surface area contributed by atoms with Gasteiger partial charge in [-0.3, -0.25) is 18.7 Å². The number of benzene rings is 2. The first-order valence-electron chi connectivity index (χ1n) is 10.3. The molecule has 0 spiro atoms. The summed E-state index contributed by atoms with van der Waals surface area (Å²) < 4.78 is 13.3. The summed E-state index contributed by atoms with van der Waals surface area (Å²) in [5.41, 5.74) is 0.994. The number of ether oxygens (including phenoxy) is 2. The highest BCUT2D eigenvalue weighted by atomic mass is 16.5. The second-order valence-corrected chi connectivity index (χ2v) is 7.31. The molecule has 10 heteroatoms. The third kappa shape index (κ3) is 4.49. The van der Waals surface area contributed by atoms with Crippen LogP contribution in [0.5, 0.6) is 11.5 Å². The number of amides is 1. The van der Waals surface area contributed by atoms with Crippen molar-refractivity contribution in [2.24, 2.45) is 14.1 Å². The van der Waals surface area contributed by atoms with Crippen LogP contribution in [0.4, 0.5) is 5.69 Å². The summed E-state index contributed by atoms with van der Waals surface area (Å²) in [7, 11) is 2.98. The molecular formula is C23H23N5O5. The largest absolute Gasteiger partial charge is 0.494 e. The molecule has 170 valence electrons. The Morgan fingerprint density at radius 2 is 1.61 bits per heavy atom. The quantitative estimate of drug-likeness (QED) is 0.446. The van der Waals surface area contributed by atoms with Crippen LogP contribution >= 0.6 is 0 Å². The SMILES string of the molecule is CCOc1ccc(NC(=O)COc2ccc(-c3nc4c([nH]3)c(=O)n(C)c(=O)n4C)cc2)cc1. The highest BCUT2D eigenvalue weighted by molar-refractivity contribution is 5.91. The van der Waals surface area contributed by atoms with E-state index in [2.05, 4.69) is 15.3 Å². The Balaban J connectivity index is 1.42. The Hall–Kier alpha value is -4.34. The van der Waals surface area contributed by atoms with Crippen molar-refractivity contribution in [3.8, 4) is 22.9 Å². The molecule has 33 heavy (non-hydrogen) atoms. The Morgan fingerprint density at radius 3 is 2.27 bits per heavy atom. The van der Waals surface area contributed by atoms with E-state index in [-0.39, 0.29) is 23.7 Å². The van der Waals surface area contributed by atoms with Crippen molar-refractivity contribution in [1.29, 1.82) is 0 Å². The number of nitrogens with zero attached hydrogens (tertiary/aromatic N) is 3. The summed E-state index contributed by atoms with van der Waals surface area (Å²) in [5.74, 6) is 1.39. The maximum Gasteiger partial charge on any atom is 0.332 e. The van der Waals surface area contributed by atoms with E-state index >= 15 is 0 Å². The fourth-order valence-corrected chi connectivity index (χ4v) is 3.32. The molecule has 0 saturated carbocycles. The molecule has 4 rings (SSSR count). The van der Waals surface area contributed by atoms with E-state index in [0.29, 0.717) is 29.4 Å². The molecule has 0 saturated heterocycles. The maximum absolute atomic E-state index is 12.3. The molecule has 2 heterocycles.